The van der Waals surface area contributed by atoms with Gasteiger partial charge in [0.1, 0.15) is 0 Å². The zero-order valence-electron chi connectivity index (χ0n) is 13.7. The molecule has 1 saturated heterocycles. The molecule has 0 saturated carbocycles. The molecular formula is C15H28N4OS. The van der Waals surface area contributed by atoms with Crippen LogP contribution in [0.4, 0.5) is 5.13 Å². The van der Waals surface area contributed by atoms with Crippen molar-refractivity contribution in [1.82, 2.24) is 15.2 Å². The molecule has 1 aromatic heterocycles. The second kappa shape index (κ2) is 8.08. The van der Waals surface area contributed by atoms with Gasteiger partial charge >= 0.3 is 0 Å². The lowest BCUT2D eigenvalue weighted by molar-refractivity contribution is 0.181. The smallest absolute Gasteiger partial charge is 0.185 e. The van der Waals surface area contributed by atoms with Crippen LogP contribution in [0.1, 0.15) is 30.3 Å². The van der Waals surface area contributed by atoms with Gasteiger partial charge in [-0.1, -0.05) is 6.92 Å². The van der Waals surface area contributed by atoms with Crippen molar-refractivity contribution in [3.8, 4) is 0 Å². The van der Waals surface area contributed by atoms with Crippen molar-refractivity contribution in [2.75, 3.05) is 45.7 Å². The average Bonchev–Trinajstić information content (AvgIpc) is 3.07. The summed E-state index contributed by atoms with van der Waals surface area (Å²) in [5.41, 5.74) is 1.09. The van der Waals surface area contributed by atoms with Crippen molar-refractivity contribution in [2.45, 2.75) is 39.0 Å². The van der Waals surface area contributed by atoms with Crippen LogP contribution in [0, 0.1) is 0 Å². The summed E-state index contributed by atoms with van der Waals surface area (Å²) >= 11 is 1.81. The van der Waals surface area contributed by atoms with Gasteiger partial charge in [0, 0.05) is 37.7 Å². The quantitative estimate of drug-likeness (QED) is 0.743. The van der Waals surface area contributed by atoms with E-state index >= 15 is 0 Å². The number of ether oxygens (including phenoxy) is 1. The van der Waals surface area contributed by atoms with Gasteiger partial charge in [0.05, 0.1) is 12.3 Å². The number of likely N-dealkylation sites (N-methyl/N-ethyl adjacent to an activating group) is 1. The SMILES string of the molecule is CCCNCc1sc(N2CCC(N(C)C)C2)nc1COC. The predicted molar refractivity (Wildman–Crippen MR) is 89.1 cm³/mol. The molecule has 0 radical (unpaired) electrons. The molecule has 0 aliphatic carbocycles. The Hall–Kier alpha value is -0.690. The van der Waals surface area contributed by atoms with E-state index in [2.05, 4.69) is 36.1 Å². The maximum Gasteiger partial charge on any atom is 0.185 e. The van der Waals surface area contributed by atoms with E-state index in [1.807, 2.05) is 11.3 Å². The van der Waals surface area contributed by atoms with Crippen LogP contribution in [-0.2, 0) is 17.9 Å². The Morgan fingerprint density at radius 2 is 2.29 bits per heavy atom. The normalized spacial score (nSPS) is 18.9. The molecule has 2 rings (SSSR count). The van der Waals surface area contributed by atoms with Crippen LogP contribution in [-0.4, -0.2) is 56.8 Å². The Kier molecular flexibility index (Phi) is 6.41. The molecule has 6 heteroatoms. The van der Waals surface area contributed by atoms with Crippen molar-refractivity contribution in [3.63, 3.8) is 0 Å². The summed E-state index contributed by atoms with van der Waals surface area (Å²) in [5.74, 6) is 0. The van der Waals surface area contributed by atoms with Crippen LogP contribution in [0.15, 0.2) is 0 Å². The molecule has 1 aliphatic heterocycles. The van der Waals surface area contributed by atoms with Gasteiger partial charge in [-0.25, -0.2) is 4.98 Å². The highest BCUT2D eigenvalue weighted by Gasteiger charge is 2.26. The first kappa shape index (κ1) is 16.7. The number of hydrogen-bond donors (Lipinski definition) is 1. The number of aromatic nitrogens is 1. The number of anilines is 1. The Balaban J connectivity index is 2.04. The minimum atomic E-state index is 0.602. The Morgan fingerprint density at radius 3 is 2.90 bits per heavy atom. The van der Waals surface area contributed by atoms with Gasteiger partial charge in [0.25, 0.3) is 0 Å². The first-order chi connectivity index (χ1) is 10.2. The standard InChI is InChI=1S/C15H28N4OS/c1-5-7-16-9-14-13(11-20-4)17-15(21-14)19-8-6-12(10-19)18(2)3/h12,16H,5-11H2,1-4H3. The number of methoxy groups -OCH3 is 1. The predicted octanol–water partition coefficient (Wildman–Crippen LogP) is 1.93. The maximum absolute atomic E-state index is 5.30. The highest BCUT2D eigenvalue weighted by molar-refractivity contribution is 7.15. The number of rotatable bonds is 8. The van der Waals surface area contributed by atoms with Crippen molar-refractivity contribution in [2.24, 2.45) is 0 Å². The topological polar surface area (TPSA) is 40.6 Å². The lowest BCUT2D eigenvalue weighted by Gasteiger charge is -2.19. The molecule has 0 bridgehead atoms. The third-order valence-corrected chi connectivity index (χ3v) is 5.08. The Bertz CT molecular complexity index is 435. The summed E-state index contributed by atoms with van der Waals surface area (Å²) in [4.78, 5) is 10.9. The Morgan fingerprint density at radius 1 is 1.48 bits per heavy atom. The molecule has 1 fully saturated rings. The molecule has 0 aromatic carbocycles. The molecule has 120 valence electrons. The van der Waals surface area contributed by atoms with E-state index in [0.717, 1.165) is 43.4 Å². The van der Waals surface area contributed by atoms with Crippen LogP contribution in [0.5, 0.6) is 0 Å². The summed E-state index contributed by atoms with van der Waals surface area (Å²) in [6, 6.07) is 0.640. The molecule has 1 atom stereocenters. The minimum Gasteiger partial charge on any atom is -0.378 e. The van der Waals surface area contributed by atoms with E-state index in [1.54, 1.807) is 7.11 Å². The lowest BCUT2D eigenvalue weighted by atomic mass is 10.2. The summed E-state index contributed by atoms with van der Waals surface area (Å²) in [7, 11) is 6.05. The maximum atomic E-state index is 5.30. The lowest BCUT2D eigenvalue weighted by Crippen LogP contribution is -2.31. The van der Waals surface area contributed by atoms with E-state index in [4.69, 9.17) is 9.72 Å². The molecule has 1 unspecified atom stereocenters. The highest BCUT2D eigenvalue weighted by atomic mass is 32.1. The summed E-state index contributed by atoms with van der Waals surface area (Å²) in [6.45, 7) is 6.91. The molecule has 2 heterocycles. The molecular weight excluding hydrogens is 284 g/mol. The van der Waals surface area contributed by atoms with Gasteiger partial charge in [-0.05, 0) is 33.5 Å². The van der Waals surface area contributed by atoms with E-state index in [9.17, 15) is 0 Å². The van der Waals surface area contributed by atoms with E-state index in [1.165, 1.54) is 11.3 Å². The second-order valence-electron chi connectivity index (χ2n) is 5.83. The van der Waals surface area contributed by atoms with Crippen LogP contribution in [0.3, 0.4) is 0 Å². The van der Waals surface area contributed by atoms with Crippen LogP contribution in [0.2, 0.25) is 0 Å². The fourth-order valence-corrected chi connectivity index (χ4v) is 3.68. The summed E-state index contributed by atoms with van der Waals surface area (Å²) < 4.78 is 5.30. The average molecular weight is 312 g/mol. The van der Waals surface area contributed by atoms with Gasteiger partial charge in [0.15, 0.2) is 5.13 Å². The molecule has 1 aliphatic rings. The Labute approximate surface area is 132 Å². The second-order valence-corrected chi connectivity index (χ2v) is 6.89. The molecule has 21 heavy (non-hydrogen) atoms. The minimum absolute atomic E-state index is 0.602. The van der Waals surface area contributed by atoms with Crippen molar-refractivity contribution < 1.29 is 4.74 Å². The fraction of sp³-hybridized carbons (Fsp3) is 0.800. The zero-order valence-corrected chi connectivity index (χ0v) is 14.5. The largest absolute Gasteiger partial charge is 0.378 e. The number of thiazole rings is 1. The third-order valence-electron chi connectivity index (χ3n) is 3.92. The van der Waals surface area contributed by atoms with Gasteiger partial charge in [0.2, 0.25) is 0 Å². The van der Waals surface area contributed by atoms with Crippen molar-refractivity contribution in [1.29, 1.82) is 0 Å². The number of nitrogens with one attached hydrogen (secondary N) is 1. The van der Waals surface area contributed by atoms with Gasteiger partial charge in [-0.3, -0.25) is 0 Å². The first-order valence-electron chi connectivity index (χ1n) is 7.75. The molecule has 0 spiro atoms. The number of nitrogens with zero attached hydrogens (tertiary/aromatic N) is 3. The summed E-state index contributed by atoms with van der Waals surface area (Å²) in [5, 5.41) is 4.62. The van der Waals surface area contributed by atoms with Gasteiger partial charge in [-0.2, -0.15) is 0 Å². The molecule has 5 nitrogen and oxygen atoms in total. The van der Waals surface area contributed by atoms with E-state index < -0.39 is 0 Å². The van der Waals surface area contributed by atoms with Crippen molar-refractivity contribution in [3.05, 3.63) is 10.6 Å². The van der Waals surface area contributed by atoms with Crippen LogP contribution in [0.25, 0.3) is 0 Å². The fourth-order valence-electron chi connectivity index (χ4n) is 2.61. The van der Waals surface area contributed by atoms with Crippen LogP contribution >= 0.6 is 11.3 Å². The molecule has 1 aromatic rings. The molecule has 0 amide bonds. The van der Waals surface area contributed by atoms with Crippen LogP contribution < -0.4 is 10.2 Å². The monoisotopic (exact) mass is 312 g/mol. The third kappa shape index (κ3) is 4.39. The highest BCUT2D eigenvalue weighted by Crippen LogP contribution is 2.30. The number of hydrogen-bond acceptors (Lipinski definition) is 6. The van der Waals surface area contributed by atoms with Gasteiger partial charge in [-0.15, -0.1) is 11.3 Å². The van der Waals surface area contributed by atoms with Crippen molar-refractivity contribution >= 4 is 16.5 Å². The molecule has 1 N–H and O–H groups in total. The van der Waals surface area contributed by atoms with E-state index in [-0.39, 0.29) is 0 Å². The first-order valence-corrected chi connectivity index (χ1v) is 8.57. The van der Waals surface area contributed by atoms with Gasteiger partial charge < -0.3 is 19.9 Å². The zero-order chi connectivity index (χ0) is 15.2. The summed E-state index contributed by atoms with van der Waals surface area (Å²) in [6.07, 6.45) is 2.37. The van der Waals surface area contributed by atoms with E-state index in [0.29, 0.717) is 12.6 Å².